The fourth-order valence-electron chi connectivity index (χ4n) is 1.79. The number of aryl methyl sites for hydroxylation is 1. The molecule has 0 bridgehead atoms. The van der Waals surface area contributed by atoms with Gasteiger partial charge in [-0.1, -0.05) is 12.1 Å². The van der Waals surface area contributed by atoms with Gasteiger partial charge in [-0.25, -0.2) is 0 Å². The second-order valence-electron chi connectivity index (χ2n) is 4.43. The molecule has 1 aromatic carbocycles. The molecule has 4 heteroatoms. The molecule has 0 unspecified atom stereocenters. The molecule has 0 saturated heterocycles. The quantitative estimate of drug-likeness (QED) is 0.879. The third-order valence-electron chi connectivity index (χ3n) is 2.90. The molecule has 0 aliphatic carbocycles. The predicted octanol–water partition coefficient (Wildman–Crippen LogP) is 1.95. The number of aromatic nitrogens is 1. The third-order valence-corrected chi connectivity index (χ3v) is 2.90. The molecule has 0 radical (unpaired) electrons. The van der Waals surface area contributed by atoms with E-state index in [1.165, 1.54) is 0 Å². The number of hydrogen-bond donors (Lipinski definition) is 2. The maximum absolute atomic E-state index is 11.8. The van der Waals surface area contributed by atoms with E-state index < -0.39 is 0 Å². The Morgan fingerprint density at radius 1 is 1.37 bits per heavy atom. The molecular weight excluding hydrogens is 240 g/mol. The van der Waals surface area contributed by atoms with Crippen molar-refractivity contribution < 1.29 is 9.90 Å². The lowest BCUT2D eigenvalue weighted by molar-refractivity contribution is -0.120. The standard InChI is InChI=1S/C15H16N2O2/c1-11-5-6-16-9-13(11)10-17-15(19)8-12-3-2-4-14(18)7-12/h2-7,9,18H,8,10H2,1H3,(H,17,19). The van der Waals surface area contributed by atoms with Gasteiger partial charge in [-0.2, -0.15) is 0 Å². The van der Waals surface area contributed by atoms with Crippen LogP contribution in [0.2, 0.25) is 0 Å². The second kappa shape index (κ2) is 6.00. The largest absolute Gasteiger partial charge is 0.508 e. The molecule has 98 valence electrons. The van der Waals surface area contributed by atoms with E-state index in [1.807, 2.05) is 19.1 Å². The molecule has 1 aromatic heterocycles. The van der Waals surface area contributed by atoms with Gasteiger partial charge in [-0.3, -0.25) is 9.78 Å². The van der Waals surface area contributed by atoms with Crippen molar-refractivity contribution in [1.82, 2.24) is 10.3 Å². The van der Waals surface area contributed by atoms with Gasteiger partial charge < -0.3 is 10.4 Å². The Hall–Kier alpha value is -2.36. The SMILES string of the molecule is Cc1ccncc1CNC(=O)Cc1cccc(O)c1. The first-order valence-electron chi connectivity index (χ1n) is 6.09. The Kier molecular flexibility index (Phi) is 4.13. The highest BCUT2D eigenvalue weighted by atomic mass is 16.3. The monoisotopic (exact) mass is 256 g/mol. The van der Waals surface area contributed by atoms with Gasteiger partial charge in [0.2, 0.25) is 5.91 Å². The van der Waals surface area contributed by atoms with Gasteiger partial charge in [0.15, 0.2) is 0 Å². The van der Waals surface area contributed by atoms with Gasteiger partial charge in [0, 0.05) is 18.9 Å². The lowest BCUT2D eigenvalue weighted by Gasteiger charge is -2.07. The third kappa shape index (κ3) is 3.81. The summed E-state index contributed by atoms with van der Waals surface area (Å²) in [7, 11) is 0. The first-order valence-corrected chi connectivity index (χ1v) is 6.09. The van der Waals surface area contributed by atoms with Gasteiger partial charge in [0.25, 0.3) is 0 Å². The minimum Gasteiger partial charge on any atom is -0.508 e. The fourth-order valence-corrected chi connectivity index (χ4v) is 1.79. The van der Waals surface area contributed by atoms with Crippen LogP contribution in [-0.2, 0) is 17.8 Å². The van der Waals surface area contributed by atoms with Crippen LogP contribution in [0.15, 0.2) is 42.7 Å². The fraction of sp³-hybridized carbons (Fsp3) is 0.200. The van der Waals surface area contributed by atoms with Crippen LogP contribution in [-0.4, -0.2) is 16.0 Å². The predicted molar refractivity (Wildman–Crippen MR) is 72.6 cm³/mol. The summed E-state index contributed by atoms with van der Waals surface area (Å²) < 4.78 is 0. The molecule has 4 nitrogen and oxygen atoms in total. The van der Waals surface area contributed by atoms with Crippen LogP contribution in [0, 0.1) is 6.92 Å². The lowest BCUT2D eigenvalue weighted by atomic mass is 10.1. The van der Waals surface area contributed by atoms with Gasteiger partial charge >= 0.3 is 0 Å². The molecular formula is C15H16N2O2. The number of hydrogen-bond acceptors (Lipinski definition) is 3. The first kappa shape index (κ1) is 13.1. The van der Waals surface area contributed by atoms with Crippen molar-refractivity contribution in [2.24, 2.45) is 0 Å². The van der Waals surface area contributed by atoms with Crippen LogP contribution in [0.1, 0.15) is 16.7 Å². The number of nitrogens with one attached hydrogen (secondary N) is 1. The van der Waals surface area contributed by atoms with Crippen LogP contribution >= 0.6 is 0 Å². The van der Waals surface area contributed by atoms with Crippen LogP contribution in [0.4, 0.5) is 0 Å². The summed E-state index contributed by atoms with van der Waals surface area (Å²) in [5.41, 5.74) is 2.90. The Labute approximate surface area is 112 Å². The zero-order valence-corrected chi connectivity index (χ0v) is 10.8. The number of nitrogens with zero attached hydrogens (tertiary/aromatic N) is 1. The Morgan fingerprint density at radius 3 is 2.95 bits per heavy atom. The molecule has 0 atom stereocenters. The topological polar surface area (TPSA) is 62.2 Å². The number of phenolic OH excluding ortho intramolecular Hbond substituents is 1. The summed E-state index contributed by atoms with van der Waals surface area (Å²) in [5, 5.41) is 12.2. The van der Waals surface area contributed by atoms with E-state index in [2.05, 4.69) is 10.3 Å². The number of rotatable bonds is 4. The highest BCUT2D eigenvalue weighted by Gasteiger charge is 2.05. The second-order valence-corrected chi connectivity index (χ2v) is 4.43. The number of phenols is 1. The molecule has 2 N–H and O–H groups in total. The highest BCUT2D eigenvalue weighted by molar-refractivity contribution is 5.78. The average molecular weight is 256 g/mol. The summed E-state index contributed by atoms with van der Waals surface area (Å²) in [6.45, 7) is 2.45. The van der Waals surface area contributed by atoms with E-state index in [9.17, 15) is 9.90 Å². The molecule has 0 saturated carbocycles. The van der Waals surface area contributed by atoms with Crippen LogP contribution in [0.25, 0.3) is 0 Å². The molecule has 0 spiro atoms. The summed E-state index contributed by atoms with van der Waals surface area (Å²) in [6.07, 6.45) is 3.74. The minimum atomic E-state index is -0.0751. The number of benzene rings is 1. The molecule has 2 aromatic rings. The molecule has 2 rings (SSSR count). The number of aromatic hydroxyl groups is 1. The number of carbonyl (C=O) groups excluding carboxylic acids is 1. The van der Waals surface area contributed by atoms with Gasteiger partial charge in [-0.05, 0) is 41.8 Å². The highest BCUT2D eigenvalue weighted by Crippen LogP contribution is 2.11. The Bertz CT molecular complexity index is 582. The van der Waals surface area contributed by atoms with Gasteiger partial charge in [0.05, 0.1) is 6.42 Å². The maximum Gasteiger partial charge on any atom is 0.224 e. The van der Waals surface area contributed by atoms with Crippen molar-refractivity contribution >= 4 is 5.91 Å². The summed E-state index contributed by atoms with van der Waals surface area (Å²) in [5.74, 6) is 0.0993. The Balaban J connectivity index is 1.90. The van der Waals surface area contributed by atoms with Crippen LogP contribution in [0.5, 0.6) is 5.75 Å². The van der Waals surface area contributed by atoms with E-state index in [4.69, 9.17) is 0 Å². The van der Waals surface area contributed by atoms with E-state index in [0.717, 1.165) is 16.7 Å². The Morgan fingerprint density at radius 2 is 2.21 bits per heavy atom. The number of pyridine rings is 1. The van der Waals surface area contributed by atoms with Crippen molar-refractivity contribution in [3.05, 3.63) is 59.4 Å². The van der Waals surface area contributed by atoms with E-state index in [1.54, 1.807) is 30.6 Å². The molecule has 0 aliphatic rings. The van der Waals surface area contributed by atoms with Crippen molar-refractivity contribution in [1.29, 1.82) is 0 Å². The van der Waals surface area contributed by atoms with Gasteiger partial charge in [0.1, 0.15) is 5.75 Å². The molecule has 0 fully saturated rings. The molecule has 1 heterocycles. The smallest absolute Gasteiger partial charge is 0.224 e. The maximum atomic E-state index is 11.8. The summed E-state index contributed by atoms with van der Waals surface area (Å²) in [4.78, 5) is 15.8. The zero-order valence-electron chi connectivity index (χ0n) is 10.8. The van der Waals surface area contributed by atoms with Crippen molar-refractivity contribution in [2.45, 2.75) is 19.9 Å². The first-order chi connectivity index (χ1) is 9.15. The molecule has 1 amide bonds. The molecule has 19 heavy (non-hydrogen) atoms. The summed E-state index contributed by atoms with van der Waals surface area (Å²) >= 11 is 0. The van der Waals surface area contributed by atoms with Crippen molar-refractivity contribution in [3.8, 4) is 5.75 Å². The zero-order chi connectivity index (χ0) is 13.7. The average Bonchev–Trinajstić information content (AvgIpc) is 2.38. The number of amides is 1. The van der Waals surface area contributed by atoms with Crippen LogP contribution in [0.3, 0.4) is 0 Å². The van der Waals surface area contributed by atoms with Crippen molar-refractivity contribution in [3.63, 3.8) is 0 Å². The number of carbonyl (C=O) groups is 1. The van der Waals surface area contributed by atoms with Crippen molar-refractivity contribution in [2.75, 3.05) is 0 Å². The van der Waals surface area contributed by atoms with E-state index in [0.29, 0.717) is 6.54 Å². The van der Waals surface area contributed by atoms with E-state index >= 15 is 0 Å². The normalized spacial score (nSPS) is 10.2. The lowest BCUT2D eigenvalue weighted by Crippen LogP contribution is -2.24. The minimum absolute atomic E-state index is 0.0751. The molecule has 0 aliphatic heterocycles. The summed E-state index contributed by atoms with van der Waals surface area (Å²) in [6, 6.07) is 8.63. The van der Waals surface area contributed by atoms with Crippen LogP contribution < -0.4 is 5.32 Å². The van der Waals surface area contributed by atoms with E-state index in [-0.39, 0.29) is 18.1 Å². The van der Waals surface area contributed by atoms with Gasteiger partial charge in [-0.15, -0.1) is 0 Å².